The summed E-state index contributed by atoms with van der Waals surface area (Å²) in [5, 5.41) is 5.14. The first-order chi connectivity index (χ1) is 10.3. The standard InChI is InChI=1S/C15H17N5S/c1-3-16-14-11-6-4-5-7-12(11)18-15(19-14)21-10-13-17-8-9-20(13)2/h4-9H,3,10H2,1-2H3,(H,16,18,19). The molecule has 0 saturated carbocycles. The molecule has 0 radical (unpaired) electrons. The number of imidazole rings is 1. The Morgan fingerprint density at radius 1 is 1.24 bits per heavy atom. The predicted octanol–water partition coefficient (Wildman–Crippen LogP) is 3.09. The number of thioether (sulfide) groups is 1. The zero-order valence-corrected chi connectivity index (χ0v) is 12.9. The van der Waals surface area contributed by atoms with Crippen LogP contribution < -0.4 is 5.32 Å². The Hall–Kier alpha value is -2.08. The van der Waals surface area contributed by atoms with Crippen molar-refractivity contribution in [3.8, 4) is 0 Å². The second kappa shape index (κ2) is 6.13. The van der Waals surface area contributed by atoms with E-state index in [1.165, 1.54) is 0 Å². The Morgan fingerprint density at radius 3 is 2.86 bits per heavy atom. The second-order valence-electron chi connectivity index (χ2n) is 4.65. The quantitative estimate of drug-likeness (QED) is 0.579. The molecule has 1 N–H and O–H groups in total. The van der Waals surface area contributed by atoms with Gasteiger partial charge >= 0.3 is 0 Å². The van der Waals surface area contributed by atoms with Gasteiger partial charge in [-0.1, -0.05) is 23.9 Å². The van der Waals surface area contributed by atoms with Crippen LogP contribution in [-0.2, 0) is 12.8 Å². The number of hydrogen-bond acceptors (Lipinski definition) is 5. The van der Waals surface area contributed by atoms with E-state index in [2.05, 4.69) is 27.2 Å². The van der Waals surface area contributed by atoms with Gasteiger partial charge in [-0.25, -0.2) is 15.0 Å². The third-order valence-electron chi connectivity index (χ3n) is 3.18. The van der Waals surface area contributed by atoms with E-state index in [0.29, 0.717) is 0 Å². The van der Waals surface area contributed by atoms with Crippen LogP contribution in [0.3, 0.4) is 0 Å². The first-order valence-electron chi connectivity index (χ1n) is 6.87. The van der Waals surface area contributed by atoms with Gasteiger partial charge in [0, 0.05) is 31.4 Å². The Morgan fingerprint density at radius 2 is 2.10 bits per heavy atom. The molecular weight excluding hydrogens is 282 g/mol. The SMILES string of the molecule is CCNc1nc(SCc2nccn2C)nc2ccccc12. The predicted molar refractivity (Wildman–Crippen MR) is 86.5 cm³/mol. The molecule has 0 amide bonds. The lowest BCUT2D eigenvalue weighted by molar-refractivity contribution is 0.847. The molecule has 6 heteroatoms. The Labute approximate surface area is 127 Å². The first kappa shape index (κ1) is 13.9. The topological polar surface area (TPSA) is 55.6 Å². The van der Waals surface area contributed by atoms with Gasteiger partial charge in [0.2, 0.25) is 0 Å². The molecule has 0 saturated heterocycles. The van der Waals surface area contributed by atoms with Gasteiger partial charge in [0.1, 0.15) is 11.6 Å². The van der Waals surface area contributed by atoms with Gasteiger partial charge in [-0.15, -0.1) is 0 Å². The lowest BCUT2D eigenvalue weighted by Crippen LogP contribution is -2.03. The monoisotopic (exact) mass is 299 g/mol. The summed E-state index contributed by atoms with van der Waals surface area (Å²) in [6, 6.07) is 8.06. The van der Waals surface area contributed by atoms with E-state index in [4.69, 9.17) is 0 Å². The number of nitrogens with zero attached hydrogens (tertiary/aromatic N) is 4. The first-order valence-corrected chi connectivity index (χ1v) is 7.86. The van der Waals surface area contributed by atoms with Gasteiger partial charge in [-0.05, 0) is 19.1 Å². The van der Waals surface area contributed by atoms with Crippen molar-refractivity contribution in [3.05, 3.63) is 42.5 Å². The molecule has 0 aliphatic heterocycles. The number of nitrogens with one attached hydrogen (secondary N) is 1. The van der Waals surface area contributed by atoms with Crippen LogP contribution in [0.1, 0.15) is 12.7 Å². The smallest absolute Gasteiger partial charge is 0.190 e. The lowest BCUT2D eigenvalue weighted by Gasteiger charge is -2.09. The fourth-order valence-corrected chi connectivity index (χ4v) is 2.94. The van der Waals surface area contributed by atoms with E-state index in [-0.39, 0.29) is 0 Å². The molecule has 0 spiro atoms. The summed E-state index contributed by atoms with van der Waals surface area (Å²) in [5.74, 6) is 2.67. The highest BCUT2D eigenvalue weighted by atomic mass is 32.2. The second-order valence-corrected chi connectivity index (χ2v) is 5.59. The molecule has 3 rings (SSSR count). The highest BCUT2D eigenvalue weighted by Crippen LogP contribution is 2.25. The van der Waals surface area contributed by atoms with Crippen LogP contribution in [0.15, 0.2) is 41.8 Å². The van der Waals surface area contributed by atoms with Gasteiger partial charge in [-0.3, -0.25) is 0 Å². The van der Waals surface area contributed by atoms with Crippen LogP contribution in [0.5, 0.6) is 0 Å². The number of fused-ring (bicyclic) bond motifs is 1. The van der Waals surface area contributed by atoms with Crippen LogP contribution >= 0.6 is 11.8 Å². The molecule has 108 valence electrons. The summed E-state index contributed by atoms with van der Waals surface area (Å²) in [5.41, 5.74) is 0.964. The Bertz CT molecular complexity index is 753. The fourth-order valence-electron chi connectivity index (χ4n) is 2.09. The average Bonchev–Trinajstić information content (AvgIpc) is 2.91. The normalized spacial score (nSPS) is 11.0. The van der Waals surface area contributed by atoms with E-state index in [9.17, 15) is 0 Å². The van der Waals surface area contributed by atoms with Crippen molar-refractivity contribution in [3.63, 3.8) is 0 Å². The third-order valence-corrected chi connectivity index (χ3v) is 4.02. The molecule has 2 heterocycles. The molecule has 0 unspecified atom stereocenters. The van der Waals surface area contributed by atoms with Gasteiger partial charge < -0.3 is 9.88 Å². The van der Waals surface area contributed by atoms with Crippen molar-refractivity contribution < 1.29 is 0 Å². The van der Waals surface area contributed by atoms with Crippen LogP contribution in [0.4, 0.5) is 5.82 Å². The molecule has 0 fully saturated rings. The zero-order chi connectivity index (χ0) is 14.7. The van der Waals surface area contributed by atoms with E-state index < -0.39 is 0 Å². The molecule has 0 aliphatic carbocycles. The molecule has 1 aromatic carbocycles. The lowest BCUT2D eigenvalue weighted by atomic mass is 10.2. The summed E-state index contributed by atoms with van der Waals surface area (Å²) in [4.78, 5) is 13.6. The van der Waals surface area contributed by atoms with Gasteiger partial charge in [0.05, 0.1) is 11.3 Å². The number of para-hydroxylation sites is 1. The summed E-state index contributed by atoms with van der Waals surface area (Å²) < 4.78 is 2.01. The van der Waals surface area contributed by atoms with Crippen LogP contribution in [0.2, 0.25) is 0 Å². The van der Waals surface area contributed by atoms with Gasteiger partial charge in [0.25, 0.3) is 0 Å². The molecule has 2 aromatic heterocycles. The summed E-state index contributed by atoms with van der Waals surface area (Å²) in [6.07, 6.45) is 3.75. The third kappa shape index (κ3) is 3.00. The van der Waals surface area contributed by atoms with Crippen molar-refractivity contribution in [1.82, 2.24) is 19.5 Å². The number of benzene rings is 1. The molecule has 0 atom stereocenters. The molecule has 0 aliphatic rings. The molecule has 21 heavy (non-hydrogen) atoms. The molecule has 3 aromatic rings. The number of rotatable bonds is 5. The Kier molecular flexibility index (Phi) is 4.06. The van der Waals surface area contributed by atoms with E-state index in [1.54, 1.807) is 18.0 Å². The van der Waals surface area contributed by atoms with Crippen molar-refractivity contribution in [1.29, 1.82) is 0 Å². The number of aromatic nitrogens is 4. The maximum Gasteiger partial charge on any atom is 0.190 e. The van der Waals surface area contributed by atoms with E-state index >= 15 is 0 Å². The summed E-state index contributed by atoms with van der Waals surface area (Å²) in [6.45, 7) is 2.90. The van der Waals surface area contributed by atoms with Crippen LogP contribution in [0.25, 0.3) is 10.9 Å². The number of aryl methyl sites for hydroxylation is 1. The minimum absolute atomic E-state index is 0.757. The maximum absolute atomic E-state index is 4.62. The minimum Gasteiger partial charge on any atom is -0.370 e. The summed E-state index contributed by atoms with van der Waals surface area (Å²) in [7, 11) is 1.99. The largest absolute Gasteiger partial charge is 0.370 e. The highest BCUT2D eigenvalue weighted by molar-refractivity contribution is 7.98. The van der Waals surface area contributed by atoms with Crippen molar-refractivity contribution in [2.45, 2.75) is 17.8 Å². The minimum atomic E-state index is 0.757. The highest BCUT2D eigenvalue weighted by Gasteiger charge is 2.08. The van der Waals surface area contributed by atoms with Crippen molar-refractivity contribution in [2.75, 3.05) is 11.9 Å². The molecular formula is C15H17N5S. The van der Waals surface area contributed by atoms with E-state index in [1.807, 2.05) is 42.1 Å². The molecule has 5 nitrogen and oxygen atoms in total. The number of hydrogen-bond donors (Lipinski definition) is 1. The zero-order valence-electron chi connectivity index (χ0n) is 12.1. The number of anilines is 1. The molecule has 0 bridgehead atoms. The average molecular weight is 299 g/mol. The summed E-state index contributed by atoms with van der Waals surface area (Å²) >= 11 is 1.60. The van der Waals surface area contributed by atoms with Crippen molar-refractivity contribution in [2.24, 2.45) is 7.05 Å². The fraction of sp³-hybridized carbons (Fsp3) is 0.267. The van der Waals surface area contributed by atoms with E-state index in [0.717, 1.165) is 40.0 Å². The van der Waals surface area contributed by atoms with Crippen LogP contribution in [-0.4, -0.2) is 26.1 Å². The van der Waals surface area contributed by atoms with Gasteiger partial charge in [0.15, 0.2) is 5.16 Å². The Balaban J connectivity index is 1.90. The van der Waals surface area contributed by atoms with Crippen LogP contribution in [0, 0.1) is 0 Å². The van der Waals surface area contributed by atoms with Gasteiger partial charge in [-0.2, -0.15) is 0 Å². The maximum atomic E-state index is 4.62. The van der Waals surface area contributed by atoms with Crippen molar-refractivity contribution >= 4 is 28.5 Å².